The first-order chi connectivity index (χ1) is 10.2. The fraction of sp³-hybridized carbons (Fsp3) is 0.471. The summed E-state index contributed by atoms with van der Waals surface area (Å²) in [7, 11) is 0. The lowest BCUT2D eigenvalue weighted by Gasteiger charge is -2.15. The Morgan fingerprint density at radius 1 is 1.14 bits per heavy atom. The summed E-state index contributed by atoms with van der Waals surface area (Å²) < 4.78 is 5.18. The maximum absolute atomic E-state index is 5.18. The molecular formula is C17H23N3O. The molecule has 0 saturated carbocycles. The van der Waals surface area contributed by atoms with Gasteiger partial charge in [-0.3, -0.25) is 4.90 Å². The summed E-state index contributed by atoms with van der Waals surface area (Å²) in [5.41, 5.74) is 4.64. The Hall–Kier alpha value is -1.81. The largest absolute Gasteiger partial charge is 0.381 e. The third-order valence-electron chi connectivity index (χ3n) is 4.21. The molecule has 2 heterocycles. The maximum Gasteiger partial charge on any atom is 0.138 e. The second-order valence-corrected chi connectivity index (χ2v) is 5.84. The van der Waals surface area contributed by atoms with Gasteiger partial charge in [-0.15, -0.1) is 0 Å². The summed E-state index contributed by atoms with van der Waals surface area (Å²) in [5.74, 6) is 0.894. The number of likely N-dealkylation sites (tertiary alicyclic amines) is 1. The molecule has 2 aromatic rings. The van der Waals surface area contributed by atoms with Crippen LogP contribution in [0.1, 0.15) is 35.4 Å². The maximum atomic E-state index is 5.18. The van der Waals surface area contributed by atoms with E-state index in [9.17, 15) is 0 Å². The molecule has 0 radical (unpaired) electrons. The van der Waals surface area contributed by atoms with Crippen LogP contribution in [0.5, 0.6) is 0 Å². The van der Waals surface area contributed by atoms with Crippen molar-refractivity contribution >= 4 is 5.69 Å². The molecule has 0 unspecified atom stereocenters. The lowest BCUT2D eigenvalue weighted by molar-refractivity contribution is 0.331. The molecule has 0 atom stereocenters. The third-order valence-corrected chi connectivity index (χ3v) is 4.21. The molecule has 112 valence electrons. The molecule has 4 nitrogen and oxygen atoms in total. The van der Waals surface area contributed by atoms with E-state index in [1.165, 1.54) is 31.5 Å². The topological polar surface area (TPSA) is 41.3 Å². The summed E-state index contributed by atoms with van der Waals surface area (Å²) in [5, 5.41) is 7.42. The second kappa shape index (κ2) is 6.31. The molecule has 1 fully saturated rings. The molecule has 1 aliphatic rings. The van der Waals surface area contributed by atoms with Crippen molar-refractivity contribution in [3.8, 4) is 0 Å². The fourth-order valence-corrected chi connectivity index (χ4v) is 2.87. The van der Waals surface area contributed by atoms with Gasteiger partial charge in [-0.1, -0.05) is 17.3 Å². The van der Waals surface area contributed by atoms with E-state index in [4.69, 9.17) is 4.52 Å². The summed E-state index contributed by atoms with van der Waals surface area (Å²) in [6.45, 7) is 8.25. The van der Waals surface area contributed by atoms with E-state index in [2.05, 4.69) is 39.6 Å². The minimum Gasteiger partial charge on any atom is -0.381 e. The van der Waals surface area contributed by atoms with Crippen molar-refractivity contribution in [2.45, 2.75) is 39.8 Å². The van der Waals surface area contributed by atoms with Crippen molar-refractivity contribution in [2.75, 3.05) is 18.4 Å². The highest BCUT2D eigenvalue weighted by atomic mass is 16.5. The molecule has 1 saturated heterocycles. The van der Waals surface area contributed by atoms with E-state index in [1.807, 2.05) is 13.8 Å². The highest BCUT2D eigenvalue weighted by Gasteiger charge is 2.11. The number of nitrogens with zero attached hydrogens (tertiary/aromatic N) is 2. The quantitative estimate of drug-likeness (QED) is 0.913. The highest BCUT2D eigenvalue weighted by molar-refractivity contribution is 5.45. The zero-order valence-corrected chi connectivity index (χ0v) is 12.9. The van der Waals surface area contributed by atoms with Crippen LogP contribution in [0.25, 0.3) is 0 Å². The van der Waals surface area contributed by atoms with Crippen molar-refractivity contribution in [3.05, 3.63) is 46.8 Å². The molecule has 1 aromatic heterocycles. The SMILES string of the molecule is Cc1noc(C)c1CNc1ccc(CN2CCCC2)cc1. The molecule has 4 heteroatoms. The van der Waals surface area contributed by atoms with Crippen LogP contribution in [0.15, 0.2) is 28.8 Å². The van der Waals surface area contributed by atoms with Gasteiger partial charge in [0, 0.05) is 24.3 Å². The van der Waals surface area contributed by atoms with Crippen molar-refractivity contribution < 1.29 is 4.52 Å². The number of aryl methyl sites for hydroxylation is 2. The number of hydrogen-bond acceptors (Lipinski definition) is 4. The fourth-order valence-electron chi connectivity index (χ4n) is 2.87. The van der Waals surface area contributed by atoms with Gasteiger partial charge < -0.3 is 9.84 Å². The number of rotatable bonds is 5. The van der Waals surface area contributed by atoms with E-state index in [1.54, 1.807) is 0 Å². The predicted molar refractivity (Wildman–Crippen MR) is 84.3 cm³/mol. The van der Waals surface area contributed by atoms with E-state index in [0.717, 1.165) is 35.8 Å². The highest BCUT2D eigenvalue weighted by Crippen LogP contribution is 2.17. The predicted octanol–water partition coefficient (Wildman–Crippen LogP) is 3.50. The Bertz CT molecular complexity index is 563. The van der Waals surface area contributed by atoms with Gasteiger partial charge in [-0.05, 0) is 57.5 Å². The lowest BCUT2D eigenvalue weighted by atomic mass is 10.1. The van der Waals surface area contributed by atoms with E-state index in [0.29, 0.717) is 0 Å². The third kappa shape index (κ3) is 3.45. The Morgan fingerprint density at radius 2 is 1.86 bits per heavy atom. The molecule has 0 amide bonds. The van der Waals surface area contributed by atoms with Gasteiger partial charge in [-0.25, -0.2) is 0 Å². The van der Waals surface area contributed by atoms with E-state index in [-0.39, 0.29) is 0 Å². The molecule has 3 rings (SSSR count). The average Bonchev–Trinajstić information content (AvgIpc) is 3.10. The van der Waals surface area contributed by atoms with Crippen LogP contribution < -0.4 is 5.32 Å². The van der Waals surface area contributed by atoms with Crippen LogP contribution in [-0.2, 0) is 13.1 Å². The normalized spacial score (nSPS) is 15.5. The minimum atomic E-state index is 0.757. The van der Waals surface area contributed by atoms with Gasteiger partial charge in [0.25, 0.3) is 0 Å². The number of benzene rings is 1. The Morgan fingerprint density at radius 3 is 2.48 bits per heavy atom. The first-order valence-corrected chi connectivity index (χ1v) is 7.69. The summed E-state index contributed by atoms with van der Waals surface area (Å²) >= 11 is 0. The molecule has 0 spiro atoms. The molecule has 1 aromatic carbocycles. The van der Waals surface area contributed by atoms with Crippen LogP contribution in [0, 0.1) is 13.8 Å². The minimum absolute atomic E-state index is 0.757. The van der Waals surface area contributed by atoms with Crippen molar-refractivity contribution in [1.29, 1.82) is 0 Å². The molecule has 21 heavy (non-hydrogen) atoms. The van der Waals surface area contributed by atoms with E-state index < -0.39 is 0 Å². The zero-order chi connectivity index (χ0) is 14.7. The second-order valence-electron chi connectivity index (χ2n) is 5.84. The van der Waals surface area contributed by atoms with Gasteiger partial charge in [0.1, 0.15) is 5.76 Å². The van der Waals surface area contributed by atoms with Crippen LogP contribution in [0.4, 0.5) is 5.69 Å². The molecule has 0 aliphatic carbocycles. The van der Waals surface area contributed by atoms with Crippen molar-refractivity contribution in [2.24, 2.45) is 0 Å². The first-order valence-electron chi connectivity index (χ1n) is 7.69. The van der Waals surface area contributed by atoms with Gasteiger partial charge in [0.15, 0.2) is 0 Å². The van der Waals surface area contributed by atoms with Gasteiger partial charge >= 0.3 is 0 Å². The summed E-state index contributed by atoms with van der Waals surface area (Å²) in [6, 6.07) is 8.75. The molecule has 1 N–H and O–H groups in total. The van der Waals surface area contributed by atoms with Crippen LogP contribution in [0.2, 0.25) is 0 Å². The Balaban J connectivity index is 1.57. The standard InChI is InChI=1S/C17H23N3O/c1-13-17(14(2)21-19-13)11-18-16-7-5-15(6-8-16)12-20-9-3-4-10-20/h5-8,18H,3-4,9-12H2,1-2H3. The van der Waals surface area contributed by atoms with Gasteiger partial charge in [0.05, 0.1) is 5.69 Å². The smallest absolute Gasteiger partial charge is 0.138 e. The Kier molecular flexibility index (Phi) is 4.25. The van der Waals surface area contributed by atoms with Gasteiger partial charge in [0.2, 0.25) is 0 Å². The molecule has 1 aliphatic heterocycles. The van der Waals surface area contributed by atoms with E-state index >= 15 is 0 Å². The first kappa shape index (κ1) is 14.1. The summed E-state index contributed by atoms with van der Waals surface area (Å²) in [6.07, 6.45) is 2.69. The number of hydrogen-bond donors (Lipinski definition) is 1. The van der Waals surface area contributed by atoms with Crippen LogP contribution >= 0.6 is 0 Å². The number of aromatic nitrogens is 1. The van der Waals surface area contributed by atoms with Crippen LogP contribution in [-0.4, -0.2) is 23.1 Å². The lowest BCUT2D eigenvalue weighted by Crippen LogP contribution is -2.18. The zero-order valence-electron chi connectivity index (χ0n) is 12.9. The molecule has 0 bridgehead atoms. The van der Waals surface area contributed by atoms with Crippen molar-refractivity contribution in [1.82, 2.24) is 10.1 Å². The number of anilines is 1. The summed E-state index contributed by atoms with van der Waals surface area (Å²) in [4.78, 5) is 2.52. The van der Waals surface area contributed by atoms with Crippen LogP contribution in [0.3, 0.4) is 0 Å². The average molecular weight is 285 g/mol. The number of nitrogens with one attached hydrogen (secondary N) is 1. The Labute approximate surface area is 126 Å². The van der Waals surface area contributed by atoms with Gasteiger partial charge in [-0.2, -0.15) is 0 Å². The molecular weight excluding hydrogens is 262 g/mol. The monoisotopic (exact) mass is 285 g/mol. The van der Waals surface area contributed by atoms with Crippen molar-refractivity contribution in [3.63, 3.8) is 0 Å².